The van der Waals surface area contributed by atoms with Crippen LogP contribution in [-0.4, -0.2) is 20.8 Å². The van der Waals surface area contributed by atoms with Crippen molar-refractivity contribution in [2.24, 2.45) is 7.05 Å². The Hall–Kier alpha value is -1.69. The molecule has 0 aliphatic rings. The number of rotatable bonds is 4. The molecule has 0 bridgehead atoms. The number of anilines is 1. The van der Waals surface area contributed by atoms with Crippen LogP contribution in [0.5, 0.6) is 0 Å². The predicted octanol–water partition coefficient (Wildman–Crippen LogP) is 2.85. The molecule has 5 nitrogen and oxygen atoms in total. The Morgan fingerprint density at radius 3 is 2.60 bits per heavy atom. The van der Waals surface area contributed by atoms with Gasteiger partial charge >= 0.3 is 0 Å². The van der Waals surface area contributed by atoms with Gasteiger partial charge in [-0.25, -0.2) is 9.67 Å². The highest BCUT2D eigenvalue weighted by atomic mass is 32.1. The van der Waals surface area contributed by atoms with Crippen LogP contribution in [0.2, 0.25) is 0 Å². The summed E-state index contributed by atoms with van der Waals surface area (Å²) in [6.07, 6.45) is 0. The second-order valence-corrected chi connectivity index (χ2v) is 6.26. The van der Waals surface area contributed by atoms with Crippen molar-refractivity contribution in [1.29, 1.82) is 0 Å². The second-order valence-electron chi connectivity index (χ2n) is 5.40. The first-order chi connectivity index (χ1) is 9.38. The topological polar surface area (TPSA) is 59.8 Å². The summed E-state index contributed by atoms with van der Waals surface area (Å²) in [5.41, 5.74) is 2.10. The normalized spacial score (nSPS) is 11.3. The first kappa shape index (κ1) is 14.7. The summed E-state index contributed by atoms with van der Waals surface area (Å²) in [6.45, 7) is 8.24. The Kier molecular flexibility index (Phi) is 4.23. The number of aryl methyl sites for hydroxylation is 1. The Morgan fingerprint density at radius 1 is 1.30 bits per heavy atom. The van der Waals surface area contributed by atoms with Crippen LogP contribution < -0.4 is 10.9 Å². The van der Waals surface area contributed by atoms with Crippen molar-refractivity contribution >= 4 is 16.5 Å². The molecule has 0 spiro atoms. The molecule has 0 saturated carbocycles. The van der Waals surface area contributed by atoms with Gasteiger partial charge in [-0.1, -0.05) is 13.8 Å². The van der Waals surface area contributed by atoms with Crippen molar-refractivity contribution in [2.45, 2.75) is 39.7 Å². The molecule has 6 heteroatoms. The fourth-order valence-electron chi connectivity index (χ4n) is 1.81. The van der Waals surface area contributed by atoms with Crippen molar-refractivity contribution in [2.75, 3.05) is 5.32 Å². The molecule has 0 aliphatic heterocycles. The molecule has 20 heavy (non-hydrogen) atoms. The zero-order valence-electron chi connectivity index (χ0n) is 12.5. The number of hydrogen-bond donors (Lipinski definition) is 1. The number of aromatic nitrogens is 3. The molecule has 0 aromatic carbocycles. The smallest absolute Gasteiger partial charge is 0.275 e. The highest BCUT2D eigenvalue weighted by molar-refractivity contribution is 7.14. The maximum atomic E-state index is 12.2. The minimum absolute atomic E-state index is 0.115. The largest absolute Gasteiger partial charge is 0.359 e. The van der Waals surface area contributed by atoms with E-state index >= 15 is 0 Å². The number of hydrogen-bond acceptors (Lipinski definition) is 5. The Labute approximate surface area is 122 Å². The molecule has 0 unspecified atom stereocenters. The molecule has 2 heterocycles. The molecule has 0 atom stereocenters. The molecule has 2 aromatic rings. The van der Waals surface area contributed by atoms with Gasteiger partial charge in [0.15, 0.2) is 5.13 Å². The third kappa shape index (κ3) is 3.07. The quantitative estimate of drug-likeness (QED) is 0.941. The van der Waals surface area contributed by atoms with Crippen LogP contribution in [0, 0.1) is 0 Å². The van der Waals surface area contributed by atoms with Crippen LogP contribution in [0.3, 0.4) is 0 Å². The molecule has 2 rings (SSSR count). The number of thiazole rings is 1. The van der Waals surface area contributed by atoms with Crippen molar-refractivity contribution in [3.05, 3.63) is 27.5 Å². The van der Waals surface area contributed by atoms with Crippen LogP contribution in [-0.2, 0) is 7.05 Å². The summed E-state index contributed by atoms with van der Waals surface area (Å²) in [7, 11) is 1.68. The van der Waals surface area contributed by atoms with Gasteiger partial charge in [-0.05, 0) is 25.8 Å². The van der Waals surface area contributed by atoms with Gasteiger partial charge in [0.2, 0.25) is 0 Å². The standard InChI is InChI=1S/C14H20N4OS/c1-8(2)11-6-10(13(19)18(5)17-11)12-7-20-14(16-12)15-9(3)4/h6-9H,1-5H3,(H,15,16). The van der Waals surface area contributed by atoms with E-state index in [0.717, 1.165) is 10.8 Å². The Morgan fingerprint density at radius 2 is 2.00 bits per heavy atom. The fourth-order valence-corrected chi connectivity index (χ4v) is 2.67. The average Bonchev–Trinajstić information content (AvgIpc) is 2.79. The fraction of sp³-hybridized carbons (Fsp3) is 0.500. The molecule has 0 aliphatic carbocycles. The molecule has 2 aromatic heterocycles. The summed E-state index contributed by atoms with van der Waals surface area (Å²) < 4.78 is 1.39. The molecule has 0 radical (unpaired) electrons. The average molecular weight is 292 g/mol. The molecule has 1 N–H and O–H groups in total. The third-order valence-electron chi connectivity index (χ3n) is 2.87. The van der Waals surface area contributed by atoms with Gasteiger partial charge in [-0.15, -0.1) is 11.3 Å². The molecule has 0 amide bonds. The number of nitrogens with one attached hydrogen (secondary N) is 1. The maximum absolute atomic E-state index is 12.2. The van der Waals surface area contributed by atoms with E-state index in [0.29, 0.717) is 17.3 Å². The van der Waals surface area contributed by atoms with Crippen molar-refractivity contribution < 1.29 is 0 Å². The van der Waals surface area contributed by atoms with Crippen molar-refractivity contribution in [3.63, 3.8) is 0 Å². The summed E-state index contributed by atoms with van der Waals surface area (Å²) >= 11 is 1.51. The lowest BCUT2D eigenvalue weighted by Gasteiger charge is -2.08. The summed E-state index contributed by atoms with van der Waals surface area (Å²) in [6, 6.07) is 2.17. The summed E-state index contributed by atoms with van der Waals surface area (Å²) in [5, 5.41) is 10.3. The SMILES string of the molecule is CC(C)Nc1nc(-c2cc(C(C)C)nn(C)c2=O)cs1. The zero-order chi connectivity index (χ0) is 14.9. The van der Waals surface area contributed by atoms with Crippen LogP contribution >= 0.6 is 11.3 Å². The van der Waals surface area contributed by atoms with Gasteiger partial charge in [0.1, 0.15) is 0 Å². The second kappa shape index (κ2) is 5.75. The van der Waals surface area contributed by atoms with E-state index in [-0.39, 0.29) is 11.5 Å². The van der Waals surface area contributed by atoms with E-state index in [4.69, 9.17) is 0 Å². The van der Waals surface area contributed by atoms with Gasteiger partial charge < -0.3 is 5.32 Å². The lowest BCUT2D eigenvalue weighted by molar-refractivity contribution is 0.655. The van der Waals surface area contributed by atoms with Gasteiger partial charge in [-0.3, -0.25) is 4.79 Å². The Balaban J connectivity index is 2.46. The first-order valence-corrected chi connectivity index (χ1v) is 7.57. The minimum atomic E-state index is -0.115. The van der Waals surface area contributed by atoms with Crippen LogP contribution in [0.4, 0.5) is 5.13 Å². The van der Waals surface area contributed by atoms with E-state index in [1.807, 2.05) is 11.4 Å². The van der Waals surface area contributed by atoms with E-state index in [1.54, 1.807) is 7.05 Å². The van der Waals surface area contributed by atoms with Gasteiger partial charge in [0.25, 0.3) is 5.56 Å². The first-order valence-electron chi connectivity index (χ1n) is 6.69. The summed E-state index contributed by atoms with van der Waals surface area (Å²) in [4.78, 5) is 16.7. The van der Waals surface area contributed by atoms with Crippen LogP contribution in [0.15, 0.2) is 16.2 Å². The van der Waals surface area contributed by atoms with E-state index < -0.39 is 0 Å². The number of nitrogens with zero attached hydrogens (tertiary/aromatic N) is 3. The van der Waals surface area contributed by atoms with Crippen molar-refractivity contribution in [1.82, 2.24) is 14.8 Å². The van der Waals surface area contributed by atoms with Crippen molar-refractivity contribution in [3.8, 4) is 11.3 Å². The van der Waals surface area contributed by atoms with E-state index in [1.165, 1.54) is 16.0 Å². The van der Waals surface area contributed by atoms with Gasteiger partial charge in [-0.2, -0.15) is 5.10 Å². The van der Waals surface area contributed by atoms with Gasteiger partial charge in [0.05, 0.1) is 17.0 Å². The van der Waals surface area contributed by atoms with E-state index in [9.17, 15) is 4.79 Å². The lowest BCUT2D eigenvalue weighted by Crippen LogP contribution is -2.23. The molecule has 108 valence electrons. The zero-order valence-corrected chi connectivity index (χ0v) is 13.3. The highest BCUT2D eigenvalue weighted by Gasteiger charge is 2.13. The predicted molar refractivity (Wildman–Crippen MR) is 83.4 cm³/mol. The highest BCUT2D eigenvalue weighted by Crippen LogP contribution is 2.24. The van der Waals surface area contributed by atoms with E-state index in [2.05, 4.69) is 43.1 Å². The molecular formula is C14H20N4OS. The summed E-state index contributed by atoms with van der Waals surface area (Å²) in [5.74, 6) is 0.271. The molecule has 0 fully saturated rings. The van der Waals surface area contributed by atoms with Crippen LogP contribution in [0.1, 0.15) is 39.3 Å². The molecular weight excluding hydrogens is 272 g/mol. The monoisotopic (exact) mass is 292 g/mol. The maximum Gasteiger partial charge on any atom is 0.275 e. The lowest BCUT2D eigenvalue weighted by atomic mass is 10.1. The third-order valence-corrected chi connectivity index (χ3v) is 3.64. The minimum Gasteiger partial charge on any atom is -0.359 e. The Bertz CT molecular complexity index is 657. The van der Waals surface area contributed by atoms with Gasteiger partial charge in [0, 0.05) is 18.5 Å². The molecule has 0 saturated heterocycles. The van der Waals surface area contributed by atoms with Crippen LogP contribution in [0.25, 0.3) is 11.3 Å².